The van der Waals surface area contributed by atoms with Crippen molar-refractivity contribution in [1.29, 1.82) is 0 Å². The fourth-order valence-electron chi connectivity index (χ4n) is 2.04. The number of nitrogens with zero attached hydrogens (tertiary/aromatic N) is 6. The van der Waals surface area contributed by atoms with Crippen LogP contribution in [-0.2, 0) is 11.3 Å². The van der Waals surface area contributed by atoms with E-state index >= 15 is 0 Å². The molecule has 3 heterocycles. The first-order valence-electron chi connectivity index (χ1n) is 6.77. The Balaban J connectivity index is 1.63. The summed E-state index contributed by atoms with van der Waals surface area (Å²) in [5.74, 6) is 1.06. The summed E-state index contributed by atoms with van der Waals surface area (Å²) < 4.78 is 7.15. The number of aromatic nitrogens is 5. The minimum atomic E-state index is 0.188. The molecule has 1 N–H and O–H groups in total. The van der Waals surface area contributed by atoms with Gasteiger partial charge < -0.3 is 15.0 Å². The zero-order chi connectivity index (χ0) is 14.5. The van der Waals surface area contributed by atoms with Gasteiger partial charge in [-0.25, -0.2) is 0 Å². The summed E-state index contributed by atoms with van der Waals surface area (Å²) in [4.78, 5) is 14.7. The highest BCUT2D eigenvalue weighted by atomic mass is 35.5. The Labute approximate surface area is 127 Å². The summed E-state index contributed by atoms with van der Waals surface area (Å²) in [6.45, 7) is 4.24. The second-order valence-electron chi connectivity index (χ2n) is 4.52. The molecular formula is C12H16ClN7O. The third-order valence-electron chi connectivity index (χ3n) is 3.07. The lowest BCUT2D eigenvalue weighted by Crippen LogP contribution is -2.37. The molecule has 2 aromatic rings. The first-order chi connectivity index (χ1) is 10.3. The third-order valence-corrected chi connectivity index (χ3v) is 3.24. The van der Waals surface area contributed by atoms with Gasteiger partial charge in [-0.2, -0.15) is 20.1 Å². The maximum Gasteiger partial charge on any atom is 0.231 e. The van der Waals surface area contributed by atoms with Crippen molar-refractivity contribution < 1.29 is 4.74 Å². The zero-order valence-corrected chi connectivity index (χ0v) is 12.2. The van der Waals surface area contributed by atoms with Gasteiger partial charge in [0.15, 0.2) is 0 Å². The van der Waals surface area contributed by atoms with Crippen LogP contribution in [0.4, 0.5) is 11.9 Å². The van der Waals surface area contributed by atoms with Crippen LogP contribution in [0.15, 0.2) is 18.5 Å². The Morgan fingerprint density at radius 2 is 2.10 bits per heavy atom. The highest BCUT2D eigenvalue weighted by Gasteiger charge is 2.15. The number of rotatable bonds is 5. The number of ether oxygens (including phenoxy) is 1. The quantitative estimate of drug-likeness (QED) is 0.869. The molecule has 1 aliphatic heterocycles. The average Bonchev–Trinajstić information content (AvgIpc) is 3.01. The van der Waals surface area contributed by atoms with Gasteiger partial charge in [-0.1, -0.05) is 0 Å². The highest BCUT2D eigenvalue weighted by molar-refractivity contribution is 6.28. The smallest absolute Gasteiger partial charge is 0.231 e. The second-order valence-corrected chi connectivity index (χ2v) is 4.86. The molecule has 0 aliphatic carbocycles. The molecule has 9 heteroatoms. The predicted molar refractivity (Wildman–Crippen MR) is 78.6 cm³/mol. The molecule has 1 aliphatic rings. The maximum absolute atomic E-state index is 5.97. The van der Waals surface area contributed by atoms with Crippen molar-refractivity contribution in [1.82, 2.24) is 24.7 Å². The van der Waals surface area contributed by atoms with Crippen molar-refractivity contribution in [3.63, 3.8) is 0 Å². The van der Waals surface area contributed by atoms with Crippen molar-refractivity contribution >= 4 is 23.5 Å². The molecular weight excluding hydrogens is 294 g/mol. The molecule has 0 bridgehead atoms. The van der Waals surface area contributed by atoms with Gasteiger partial charge in [-0.3, -0.25) is 4.68 Å². The largest absolute Gasteiger partial charge is 0.378 e. The van der Waals surface area contributed by atoms with Crippen LogP contribution in [0.2, 0.25) is 5.28 Å². The van der Waals surface area contributed by atoms with Gasteiger partial charge in [0.25, 0.3) is 0 Å². The van der Waals surface area contributed by atoms with E-state index in [4.69, 9.17) is 16.3 Å². The highest BCUT2D eigenvalue weighted by Crippen LogP contribution is 2.14. The second kappa shape index (κ2) is 6.68. The fourth-order valence-corrected chi connectivity index (χ4v) is 2.19. The van der Waals surface area contributed by atoms with Crippen molar-refractivity contribution in [2.75, 3.05) is 43.1 Å². The molecule has 0 amide bonds. The number of hydrogen-bond acceptors (Lipinski definition) is 7. The monoisotopic (exact) mass is 309 g/mol. The summed E-state index contributed by atoms with van der Waals surface area (Å²) in [5.41, 5.74) is 0. The van der Waals surface area contributed by atoms with Crippen LogP contribution in [0.1, 0.15) is 0 Å². The van der Waals surface area contributed by atoms with Gasteiger partial charge in [-0.05, 0) is 17.7 Å². The zero-order valence-electron chi connectivity index (χ0n) is 11.4. The summed E-state index contributed by atoms with van der Waals surface area (Å²) in [6.07, 6.45) is 3.65. The number of anilines is 2. The number of halogens is 1. The lowest BCUT2D eigenvalue weighted by atomic mass is 10.4. The van der Waals surface area contributed by atoms with Crippen LogP contribution >= 0.6 is 11.6 Å². The van der Waals surface area contributed by atoms with E-state index in [-0.39, 0.29) is 5.28 Å². The van der Waals surface area contributed by atoms with Gasteiger partial charge in [0.2, 0.25) is 17.2 Å². The number of hydrogen-bond donors (Lipinski definition) is 1. The lowest BCUT2D eigenvalue weighted by molar-refractivity contribution is 0.122. The lowest BCUT2D eigenvalue weighted by Gasteiger charge is -2.26. The molecule has 0 saturated carbocycles. The van der Waals surface area contributed by atoms with E-state index in [0.717, 1.165) is 19.6 Å². The summed E-state index contributed by atoms with van der Waals surface area (Å²) in [6, 6.07) is 1.89. The molecule has 2 aromatic heterocycles. The van der Waals surface area contributed by atoms with Crippen molar-refractivity contribution in [3.8, 4) is 0 Å². The third kappa shape index (κ3) is 3.79. The standard InChI is InChI=1S/C12H16ClN7O/c13-10-16-11(14-3-5-20-4-1-2-15-20)18-12(17-10)19-6-8-21-9-7-19/h1-2,4H,3,5-9H2,(H,14,16,17,18). The average molecular weight is 310 g/mol. The Morgan fingerprint density at radius 3 is 2.86 bits per heavy atom. The van der Waals surface area contributed by atoms with E-state index < -0.39 is 0 Å². The Morgan fingerprint density at radius 1 is 1.24 bits per heavy atom. The van der Waals surface area contributed by atoms with Gasteiger partial charge >= 0.3 is 0 Å². The van der Waals surface area contributed by atoms with E-state index in [2.05, 4.69) is 25.4 Å². The molecule has 21 heavy (non-hydrogen) atoms. The summed E-state index contributed by atoms with van der Waals surface area (Å²) in [5, 5.41) is 7.46. The van der Waals surface area contributed by atoms with Crippen LogP contribution < -0.4 is 10.2 Å². The van der Waals surface area contributed by atoms with Crippen LogP contribution in [0, 0.1) is 0 Å². The molecule has 3 rings (SSSR count). The van der Waals surface area contributed by atoms with E-state index in [1.54, 1.807) is 6.20 Å². The Bertz CT molecular complexity index is 571. The molecule has 0 atom stereocenters. The predicted octanol–water partition coefficient (Wildman–Crippen LogP) is 0.670. The minimum absolute atomic E-state index is 0.188. The van der Waals surface area contributed by atoms with Crippen LogP contribution in [0.25, 0.3) is 0 Å². The molecule has 0 unspecified atom stereocenters. The van der Waals surface area contributed by atoms with Gasteiger partial charge in [0.1, 0.15) is 0 Å². The van der Waals surface area contributed by atoms with Crippen LogP contribution in [-0.4, -0.2) is 57.6 Å². The van der Waals surface area contributed by atoms with Crippen molar-refractivity contribution in [2.45, 2.75) is 6.54 Å². The van der Waals surface area contributed by atoms with Gasteiger partial charge in [0, 0.05) is 32.0 Å². The summed E-state index contributed by atoms with van der Waals surface area (Å²) >= 11 is 5.97. The SMILES string of the molecule is Clc1nc(NCCn2cccn2)nc(N2CCOCC2)n1. The van der Waals surface area contributed by atoms with Crippen molar-refractivity contribution in [2.24, 2.45) is 0 Å². The molecule has 0 aromatic carbocycles. The number of nitrogens with one attached hydrogen (secondary N) is 1. The topological polar surface area (TPSA) is 81.0 Å². The maximum atomic E-state index is 5.97. The van der Waals surface area contributed by atoms with E-state index in [1.807, 2.05) is 21.8 Å². The molecule has 112 valence electrons. The minimum Gasteiger partial charge on any atom is -0.378 e. The first kappa shape index (κ1) is 14.0. The molecule has 0 spiro atoms. The fraction of sp³-hybridized carbons (Fsp3) is 0.500. The molecule has 1 saturated heterocycles. The summed E-state index contributed by atoms with van der Waals surface area (Å²) in [7, 11) is 0. The Kier molecular flexibility index (Phi) is 4.46. The van der Waals surface area contributed by atoms with E-state index in [1.165, 1.54) is 0 Å². The molecule has 1 fully saturated rings. The normalized spacial score (nSPS) is 15.2. The van der Waals surface area contributed by atoms with Crippen LogP contribution in [0.5, 0.6) is 0 Å². The van der Waals surface area contributed by atoms with Gasteiger partial charge in [-0.15, -0.1) is 0 Å². The van der Waals surface area contributed by atoms with E-state index in [0.29, 0.717) is 31.7 Å². The van der Waals surface area contributed by atoms with Gasteiger partial charge in [0.05, 0.1) is 19.8 Å². The van der Waals surface area contributed by atoms with Crippen LogP contribution in [0.3, 0.4) is 0 Å². The Hall–Kier alpha value is -1.93. The van der Waals surface area contributed by atoms with E-state index in [9.17, 15) is 0 Å². The molecule has 0 radical (unpaired) electrons. The first-order valence-corrected chi connectivity index (χ1v) is 7.14. The van der Waals surface area contributed by atoms with Crippen molar-refractivity contribution in [3.05, 3.63) is 23.7 Å². The number of morpholine rings is 1. The molecule has 8 nitrogen and oxygen atoms in total.